The van der Waals surface area contributed by atoms with Gasteiger partial charge in [0.25, 0.3) is 5.91 Å². The number of amides is 2. The molecular weight excluding hydrogens is 372 g/mol. The van der Waals surface area contributed by atoms with E-state index in [0.29, 0.717) is 42.5 Å². The molecule has 148 valence electrons. The second kappa shape index (κ2) is 8.52. The Labute approximate surface area is 167 Å². The Balaban J connectivity index is 1.26. The van der Waals surface area contributed by atoms with Crippen LogP contribution in [0.5, 0.6) is 11.5 Å². The minimum absolute atomic E-state index is 0.184. The number of fused-ring (bicyclic) bond motifs is 1. The molecule has 0 atom stereocenters. The molecule has 7 nitrogen and oxygen atoms in total. The van der Waals surface area contributed by atoms with Crippen LogP contribution in [-0.4, -0.2) is 25.0 Å². The van der Waals surface area contributed by atoms with Gasteiger partial charge < -0.3 is 13.9 Å². The van der Waals surface area contributed by atoms with E-state index in [1.165, 1.54) is 0 Å². The SMILES string of the molecule is O=C(CCc1ccc(-c2ccccc2)o1)NNC(=O)c1ccc2c(c1)OCCO2. The summed E-state index contributed by atoms with van der Waals surface area (Å²) in [7, 11) is 0. The van der Waals surface area contributed by atoms with Crippen LogP contribution in [0.2, 0.25) is 0 Å². The average Bonchev–Trinajstić information content (AvgIpc) is 3.25. The molecule has 0 aliphatic carbocycles. The van der Waals surface area contributed by atoms with E-state index in [-0.39, 0.29) is 12.3 Å². The molecule has 2 N–H and O–H groups in total. The zero-order valence-corrected chi connectivity index (χ0v) is 15.6. The van der Waals surface area contributed by atoms with E-state index < -0.39 is 5.91 Å². The number of hydrogen-bond donors (Lipinski definition) is 2. The van der Waals surface area contributed by atoms with E-state index >= 15 is 0 Å². The predicted molar refractivity (Wildman–Crippen MR) is 106 cm³/mol. The Morgan fingerprint density at radius 2 is 1.66 bits per heavy atom. The Bertz CT molecular complexity index is 1010. The van der Waals surface area contributed by atoms with Crippen LogP contribution in [0, 0.1) is 0 Å². The van der Waals surface area contributed by atoms with Gasteiger partial charge in [-0.05, 0) is 30.3 Å². The summed E-state index contributed by atoms with van der Waals surface area (Å²) in [5.41, 5.74) is 6.17. The second-order valence-corrected chi connectivity index (χ2v) is 6.49. The minimum atomic E-state index is -0.431. The van der Waals surface area contributed by atoms with Gasteiger partial charge in [-0.15, -0.1) is 0 Å². The van der Waals surface area contributed by atoms with Crippen LogP contribution in [-0.2, 0) is 11.2 Å². The van der Waals surface area contributed by atoms with Gasteiger partial charge in [0, 0.05) is 24.0 Å². The maximum Gasteiger partial charge on any atom is 0.269 e. The van der Waals surface area contributed by atoms with Gasteiger partial charge in [0.05, 0.1) is 0 Å². The third-order valence-corrected chi connectivity index (χ3v) is 4.44. The molecule has 0 saturated heterocycles. The molecular formula is C22H20N2O5. The largest absolute Gasteiger partial charge is 0.486 e. The van der Waals surface area contributed by atoms with Crippen molar-refractivity contribution in [3.05, 3.63) is 72.0 Å². The molecule has 0 saturated carbocycles. The Kier molecular flexibility index (Phi) is 5.47. The van der Waals surface area contributed by atoms with E-state index in [1.807, 2.05) is 42.5 Å². The highest BCUT2D eigenvalue weighted by Gasteiger charge is 2.15. The summed E-state index contributed by atoms with van der Waals surface area (Å²) in [6, 6.07) is 18.3. The zero-order valence-electron chi connectivity index (χ0n) is 15.6. The van der Waals surface area contributed by atoms with Crippen molar-refractivity contribution in [3.63, 3.8) is 0 Å². The van der Waals surface area contributed by atoms with Crippen LogP contribution in [0.3, 0.4) is 0 Å². The van der Waals surface area contributed by atoms with Crippen molar-refractivity contribution < 1.29 is 23.5 Å². The molecule has 29 heavy (non-hydrogen) atoms. The summed E-state index contributed by atoms with van der Waals surface area (Å²) in [4.78, 5) is 24.3. The lowest BCUT2D eigenvalue weighted by Gasteiger charge is -2.18. The number of aryl methyl sites for hydroxylation is 1. The third kappa shape index (κ3) is 4.57. The van der Waals surface area contributed by atoms with Gasteiger partial charge in [-0.25, -0.2) is 0 Å². The van der Waals surface area contributed by atoms with E-state index in [4.69, 9.17) is 13.9 Å². The number of hydrogen-bond acceptors (Lipinski definition) is 5. The molecule has 4 rings (SSSR count). The van der Waals surface area contributed by atoms with Gasteiger partial charge in [0.1, 0.15) is 24.7 Å². The summed E-state index contributed by atoms with van der Waals surface area (Å²) in [6.45, 7) is 0.921. The molecule has 0 fully saturated rings. The Morgan fingerprint density at radius 1 is 0.862 bits per heavy atom. The lowest BCUT2D eigenvalue weighted by atomic mass is 10.2. The molecule has 2 aromatic carbocycles. The second-order valence-electron chi connectivity index (χ2n) is 6.49. The number of benzene rings is 2. The van der Waals surface area contributed by atoms with Crippen molar-refractivity contribution in [1.29, 1.82) is 0 Å². The summed E-state index contributed by atoms with van der Waals surface area (Å²) in [5, 5.41) is 0. The fourth-order valence-electron chi connectivity index (χ4n) is 2.95. The van der Waals surface area contributed by atoms with Gasteiger partial charge in [0.2, 0.25) is 5.91 Å². The predicted octanol–water partition coefficient (Wildman–Crippen LogP) is 3.11. The smallest absolute Gasteiger partial charge is 0.269 e. The molecule has 7 heteroatoms. The number of furan rings is 1. The minimum Gasteiger partial charge on any atom is -0.486 e. The van der Waals surface area contributed by atoms with E-state index in [2.05, 4.69) is 10.9 Å². The van der Waals surface area contributed by atoms with Gasteiger partial charge in [-0.3, -0.25) is 20.4 Å². The van der Waals surface area contributed by atoms with Gasteiger partial charge >= 0.3 is 0 Å². The molecule has 3 aromatic rings. The first-order valence-corrected chi connectivity index (χ1v) is 9.32. The molecule has 2 amide bonds. The van der Waals surface area contributed by atoms with Crippen LogP contribution in [0.25, 0.3) is 11.3 Å². The number of ether oxygens (including phenoxy) is 2. The molecule has 0 bridgehead atoms. The maximum absolute atomic E-state index is 12.2. The number of carbonyl (C=O) groups excluding carboxylic acids is 2. The highest BCUT2D eigenvalue weighted by molar-refractivity contribution is 5.96. The summed E-state index contributed by atoms with van der Waals surface area (Å²) >= 11 is 0. The first kappa shape index (κ1) is 18.6. The van der Waals surface area contributed by atoms with Crippen LogP contribution in [0.4, 0.5) is 0 Å². The topological polar surface area (TPSA) is 89.8 Å². The van der Waals surface area contributed by atoms with Crippen molar-refractivity contribution in [3.8, 4) is 22.8 Å². The average molecular weight is 392 g/mol. The van der Waals surface area contributed by atoms with E-state index in [9.17, 15) is 9.59 Å². The van der Waals surface area contributed by atoms with Crippen LogP contribution < -0.4 is 20.3 Å². The van der Waals surface area contributed by atoms with Crippen molar-refractivity contribution in [1.82, 2.24) is 10.9 Å². The van der Waals surface area contributed by atoms with Gasteiger partial charge in [0.15, 0.2) is 11.5 Å². The van der Waals surface area contributed by atoms with Crippen LogP contribution in [0.1, 0.15) is 22.5 Å². The van der Waals surface area contributed by atoms with Crippen molar-refractivity contribution in [2.75, 3.05) is 13.2 Å². The number of hydrazine groups is 1. The van der Waals surface area contributed by atoms with Crippen molar-refractivity contribution in [2.24, 2.45) is 0 Å². The quantitative estimate of drug-likeness (QED) is 0.651. The maximum atomic E-state index is 12.2. The molecule has 1 aromatic heterocycles. The monoisotopic (exact) mass is 392 g/mol. The lowest BCUT2D eigenvalue weighted by Crippen LogP contribution is -2.41. The summed E-state index contributed by atoms with van der Waals surface area (Å²) < 4.78 is 16.7. The molecule has 1 aliphatic rings. The van der Waals surface area contributed by atoms with Crippen LogP contribution >= 0.6 is 0 Å². The lowest BCUT2D eigenvalue weighted by molar-refractivity contribution is -0.121. The first-order valence-electron chi connectivity index (χ1n) is 9.32. The Hall–Kier alpha value is -3.74. The van der Waals surface area contributed by atoms with E-state index in [1.54, 1.807) is 18.2 Å². The highest BCUT2D eigenvalue weighted by Crippen LogP contribution is 2.30. The first-order chi connectivity index (χ1) is 14.2. The third-order valence-electron chi connectivity index (χ3n) is 4.44. The molecule has 2 heterocycles. The highest BCUT2D eigenvalue weighted by atomic mass is 16.6. The summed E-state index contributed by atoms with van der Waals surface area (Å²) in [5.74, 6) is 1.84. The summed E-state index contributed by atoms with van der Waals surface area (Å²) in [6.07, 6.45) is 0.613. The van der Waals surface area contributed by atoms with Crippen molar-refractivity contribution >= 4 is 11.8 Å². The fraction of sp³-hybridized carbons (Fsp3) is 0.182. The molecule has 1 aliphatic heterocycles. The standard InChI is InChI=1S/C22H20N2O5/c25-21(11-8-17-7-10-18(29-17)15-4-2-1-3-5-15)23-24-22(26)16-6-9-19-20(14-16)28-13-12-27-19/h1-7,9-10,14H,8,11-13H2,(H,23,25)(H,24,26). The number of rotatable bonds is 5. The molecule has 0 unspecified atom stereocenters. The molecule has 0 spiro atoms. The number of carbonyl (C=O) groups is 2. The Morgan fingerprint density at radius 3 is 2.48 bits per heavy atom. The number of nitrogens with one attached hydrogen (secondary N) is 2. The van der Waals surface area contributed by atoms with Gasteiger partial charge in [-0.1, -0.05) is 30.3 Å². The fourth-order valence-corrected chi connectivity index (χ4v) is 2.95. The van der Waals surface area contributed by atoms with E-state index in [0.717, 1.165) is 11.3 Å². The van der Waals surface area contributed by atoms with Gasteiger partial charge in [-0.2, -0.15) is 0 Å². The zero-order chi connectivity index (χ0) is 20.1. The van der Waals surface area contributed by atoms with Crippen molar-refractivity contribution in [2.45, 2.75) is 12.8 Å². The molecule has 0 radical (unpaired) electrons. The normalized spacial score (nSPS) is 12.3. The van der Waals surface area contributed by atoms with Crippen LogP contribution in [0.15, 0.2) is 65.1 Å².